The molecule has 0 fully saturated rings. The van der Waals surface area contributed by atoms with E-state index >= 15 is 0 Å². The monoisotopic (exact) mass is 446 g/mol. The van der Waals surface area contributed by atoms with Crippen molar-refractivity contribution in [3.05, 3.63) is 77.1 Å². The van der Waals surface area contributed by atoms with Gasteiger partial charge in [0.25, 0.3) is 11.8 Å². The number of hydrazone groups is 1. The Morgan fingerprint density at radius 3 is 2.58 bits per heavy atom. The number of primary amides is 1. The molecule has 0 aliphatic carbocycles. The van der Waals surface area contributed by atoms with Gasteiger partial charge in [-0.3, -0.25) is 9.59 Å². The summed E-state index contributed by atoms with van der Waals surface area (Å²) in [6.45, 7) is 0.00868. The summed E-state index contributed by atoms with van der Waals surface area (Å²) in [7, 11) is 0. The van der Waals surface area contributed by atoms with Crippen LogP contribution < -0.4 is 22.2 Å². The second kappa shape index (κ2) is 9.38. The number of anilines is 2. The summed E-state index contributed by atoms with van der Waals surface area (Å²) in [5.41, 5.74) is 15.4. The molecule has 13 heteroatoms. The van der Waals surface area contributed by atoms with Crippen molar-refractivity contribution in [2.75, 3.05) is 11.1 Å². The Bertz CT molecular complexity index is 1310. The molecule has 0 aliphatic heterocycles. The van der Waals surface area contributed by atoms with Gasteiger partial charge in [-0.2, -0.15) is 9.78 Å². The third kappa shape index (κ3) is 4.66. The van der Waals surface area contributed by atoms with E-state index in [1.165, 1.54) is 10.9 Å². The lowest BCUT2D eigenvalue weighted by Gasteiger charge is -2.11. The minimum atomic E-state index is -0.622. The number of nitrogens with one attached hydrogen (secondary N) is 2. The van der Waals surface area contributed by atoms with Gasteiger partial charge >= 0.3 is 0 Å². The smallest absolute Gasteiger partial charge is 0.293 e. The van der Waals surface area contributed by atoms with Crippen LogP contribution in [0.2, 0.25) is 0 Å². The summed E-state index contributed by atoms with van der Waals surface area (Å²) < 4.78 is 5.84. The molecule has 2 aromatic heterocycles. The van der Waals surface area contributed by atoms with E-state index < -0.39 is 11.8 Å². The van der Waals surface area contributed by atoms with E-state index in [1.54, 1.807) is 24.3 Å². The minimum absolute atomic E-state index is 0.00868. The van der Waals surface area contributed by atoms with Crippen LogP contribution in [-0.4, -0.2) is 43.3 Å². The van der Waals surface area contributed by atoms with E-state index in [-0.39, 0.29) is 35.1 Å². The molecule has 2 heterocycles. The summed E-state index contributed by atoms with van der Waals surface area (Å²) in [5, 5.41) is 22.1. The highest BCUT2D eigenvalue weighted by atomic mass is 16.6. The molecule has 2 aromatic carbocycles. The third-order valence-electron chi connectivity index (χ3n) is 4.49. The van der Waals surface area contributed by atoms with Crippen LogP contribution in [-0.2, 0) is 6.54 Å². The Labute approximate surface area is 186 Å². The van der Waals surface area contributed by atoms with Crippen LogP contribution in [0.25, 0.3) is 5.82 Å². The minimum Gasteiger partial charge on any atom is -0.379 e. The van der Waals surface area contributed by atoms with E-state index in [0.29, 0.717) is 5.69 Å². The molecule has 0 radical (unpaired) electrons. The van der Waals surface area contributed by atoms with Crippen molar-refractivity contribution in [1.82, 2.24) is 30.7 Å². The number of carbonyl (C=O) groups is 2. The first-order valence-electron chi connectivity index (χ1n) is 9.58. The Kier molecular flexibility index (Phi) is 6.02. The van der Waals surface area contributed by atoms with Gasteiger partial charge in [-0.05, 0) is 28.0 Å². The van der Waals surface area contributed by atoms with Gasteiger partial charge in [0.05, 0.1) is 24.0 Å². The summed E-state index contributed by atoms with van der Waals surface area (Å²) >= 11 is 0. The maximum Gasteiger partial charge on any atom is 0.293 e. The number of para-hydroxylation sites is 1. The molecule has 0 saturated carbocycles. The number of amides is 2. The van der Waals surface area contributed by atoms with Crippen molar-refractivity contribution >= 4 is 29.5 Å². The first-order valence-corrected chi connectivity index (χ1v) is 9.58. The maximum absolute atomic E-state index is 12.8. The largest absolute Gasteiger partial charge is 0.379 e. The number of nitrogens with zero attached hydrogens (tertiary/aromatic N) is 6. The van der Waals surface area contributed by atoms with Crippen molar-refractivity contribution in [3.8, 4) is 5.82 Å². The van der Waals surface area contributed by atoms with E-state index in [0.717, 1.165) is 5.56 Å². The van der Waals surface area contributed by atoms with Gasteiger partial charge < -0.3 is 16.8 Å². The van der Waals surface area contributed by atoms with E-state index in [4.69, 9.17) is 11.5 Å². The molecule has 0 bridgehead atoms. The second-order valence-electron chi connectivity index (χ2n) is 6.64. The fourth-order valence-electron chi connectivity index (χ4n) is 2.93. The Balaban J connectivity index is 1.62. The quantitative estimate of drug-likeness (QED) is 0.223. The number of hydrogen-bond acceptors (Lipinski definition) is 10. The van der Waals surface area contributed by atoms with Crippen LogP contribution >= 0.6 is 0 Å². The number of nitrogen functional groups attached to an aromatic ring is 1. The SMILES string of the molecule is NC(=O)c1ccccc1NCc1c(C(=O)N/N=C\c2ccccc2)nnn1-c1nonc1N. The molecule has 0 saturated heterocycles. The summed E-state index contributed by atoms with van der Waals surface area (Å²) in [6, 6.07) is 15.9. The number of rotatable bonds is 8. The molecule has 13 nitrogen and oxygen atoms in total. The number of carbonyl (C=O) groups excluding carboxylic acids is 2. The first kappa shape index (κ1) is 21.2. The van der Waals surface area contributed by atoms with Crippen molar-refractivity contribution in [2.24, 2.45) is 10.8 Å². The van der Waals surface area contributed by atoms with Crippen molar-refractivity contribution in [3.63, 3.8) is 0 Å². The summed E-state index contributed by atoms with van der Waals surface area (Å²) in [6.07, 6.45) is 1.49. The van der Waals surface area contributed by atoms with Crippen molar-refractivity contribution in [2.45, 2.75) is 6.54 Å². The van der Waals surface area contributed by atoms with Gasteiger partial charge in [0, 0.05) is 5.69 Å². The van der Waals surface area contributed by atoms with Crippen LogP contribution in [0.15, 0.2) is 64.3 Å². The maximum atomic E-state index is 12.8. The Morgan fingerprint density at radius 2 is 1.85 bits per heavy atom. The molecule has 0 unspecified atom stereocenters. The van der Waals surface area contributed by atoms with E-state index in [9.17, 15) is 9.59 Å². The van der Waals surface area contributed by atoms with Crippen molar-refractivity contribution in [1.29, 1.82) is 0 Å². The average Bonchev–Trinajstić information content (AvgIpc) is 3.44. The molecule has 4 aromatic rings. The number of aromatic nitrogens is 5. The molecule has 6 N–H and O–H groups in total. The van der Waals surface area contributed by atoms with Gasteiger partial charge in [0.1, 0.15) is 0 Å². The lowest BCUT2D eigenvalue weighted by atomic mass is 10.1. The van der Waals surface area contributed by atoms with E-state index in [1.807, 2.05) is 30.3 Å². The molecule has 166 valence electrons. The normalized spacial score (nSPS) is 10.9. The summed E-state index contributed by atoms with van der Waals surface area (Å²) in [5.74, 6) is -1.23. The standard InChI is InChI=1S/C20H18N10O3/c21-17-19(28-33-27-17)30-15(11-23-14-9-5-4-8-13(14)18(22)31)16(25-29-30)20(32)26-24-10-12-6-2-1-3-7-12/h1-10,23H,11H2,(H2,21,27)(H2,22,31)(H,26,32)/b24-10-. The van der Waals surface area contributed by atoms with Crippen LogP contribution in [0, 0.1) is 0 Å². The van der Waals surface area contributed by atoms with Crippen LogP contribution in [0.4, 0.5) is 11.5 Å². The predicted molar refractivity (Wildman–Crippen MR) is 117 cm³/mol. The molecule has 0 aliphatic rings. The molecule has 2 amide bonds. The fraction of sp³-hybridized carbons (Fsp3) is 0.0500. The lowest BCUT2D eigenvalue weighted by molar-refractivity contribution is 0.0947. The highest BCUT2D eigenvalue weighted by molar-refractivity contribution is 5.98. The van der Waals surface area contributed by atoms with Gasteiger partial charge in [0.2, 0.25) is 11.6 Å². The average molecular weight is 446 g/mol. The Hall–Kier alpha value is -5.07. The zero-order valence-electron chi connectivity index (χ0n) is 17.0. The molecule has 4 rings (SSSR count). The first-order chi connectivity index (χ1) is 16.0. The van der Waals surface area contributed by atoms with Gasteiger partial charge in [-0.25, -0.2) is 10.1 Å². The molecule has 0 spiro atoms. The van der Waals surface area contributed by atoms with Gasteiger partial charge in [-0.15, -0.1) is 5.10 Å². The number of hydrogen-bond donors (Lipinski definition) is 4. The third-order valence-corrected chi connectivity index (χ3v) is 4.49. The van der Waals surface area contributed by atoms with Crippen LogP contribution in [0.1, 0.15) is 32.1 Å². The number of benzene rings is 2. The molecule has 0 atom stereocenters. The number of nitrogens with two attached hydrogens (primary N) is 2. The highest BCUT2D eigenvalue weighted by Crippen LogP contribution is 2.19. The van der Waals surface area contributed by atoms with Gasteiger partial charge in [-0.1, -0.05) is 47.7 Å². The molecular formula is C20H18N10O3. The topological polar surface area (TPSA) is 192 Å². The fourth-order valence-corrected chi connectivity index (χ4v) is 2.93. The summed E-state index contributed by atoms with van der Waals surface area (Å²) in [4.78, 5) is 24.5. The van der Waals surface area contributed by atoms with Crippen molar-refractivity contribution < 1.29 is 14.2 Å². The van der Waals surface area contributed by atoms with Gasteiger partial charge in [0.15, 0.2) is 5.69 Å². The molecular weight excluding hydrogens is 428 g/mol. The predicted octanol–water partition coefficient (Wildman–Crippen LogP) is 0.707. The van der Waals surface area contributed by atoms with E-state index in [2.05, 4.69) is 41.1 Å². The zero-order valence-corrected chi connectivity index (χ0v) is 17.0. The lowest BCUT2D eigenvalue weighted by Crippen LogP contribution is -2.22. The van der Waals surface area contributed by atoms with Crippen LogP contribution in [0.5, 0.6) is 0 Å². The highest BCUT2D eigenvalue weighted by Gasteiger charge is 2.24. The Morgan fingerprint density at radius 1 is 1.09 bits per heavy atom. The second-order valence-corrected chi connectivity index (χ2v) is 6.64. The molecule has 33 heavy (non-hydrogen) atoms. The van der Waals surface area contributed by atoms with Crippen LogP contribution in [0.3, 0.4) is 0 Å². The zero-order chi connectivity index (χ0) is 23.2.